The second-order valence-corrected chi connectivity index (χ2v) is 8.54. The number of rotatable bonds is 4. The number of aromatic hydroxyl groups is 1. The highest BCUT2D eigenvalue weighted by Gasteiger charge is 2.38. The van der Waals surface area contributed by atoms with E-state index in [1.165, 1.54) is 6.07 Å². The zero-order chi connectivity index (χ0) is 18.4. The largest absolute Gasteiger partial charge is 0.506 e. The summed E-state index contributed by atoms with van der Waals surface area (Å²) in [6, 6.07) is 1.41. The summed E-state index contributed by atoms with van der Waals surface area (Å²) in [7, 11) is -4.18. The molecule has 3 rings (SSSR count). The van der Waals surface area contributed by atoms with Crippen LogP contribution < -0.4 is 9.03 Å². The van der Waals surface area contributed by atoms with Crippen molar-refractivity contribution in [2.75, 3.05) is 23.9 Å². The topological polar surface area (TPSA) is 89.9 Å². The maximum atomic E-state index is 15.1. The third kappa shape index (κ3) is 3.43. The summed E-state index contributed by atoms with van der Waals surface area (Å²) in [6.45, 7) is 5.65. The van der Waals surface area contributed by atoms with Gasteiger partial charge in [-0.15, -0.1) is 0 Å². The Kier molecular flexibility index (Phi) is 4.63. The second kappa shape index (κ2) is 6.45. The van der Waals surface area contributed by atoms with E-state index in [9.17, 15) is 18.3 Å². The Labute approximate surface area is 146 Å². The molecule has 0 atom stereocenters. The van der Waals surface area contributed by atoms with E-state index in [0.29, 0.717) is 34.3 Å². The smallest absolute Gasteiger partial charge is 0.326 e. The number of anilines is 1. The van der Waals surface area contributed by atoms with Crippen molar-refractivity contribution < 1.29 is 22.7 Å². The molecule has 7 nitrogen and oxygen atoms in total. The van der Waals surface area contributed by atoms with Gasteiger partial charge in [0.2, 0.25) is 0 Å². The first-order chi connectivity index (χ1) is 11.7. The molecule has 1 aromatic carbocycles. The van der Waals surface area contributed by atoms with Crippen molar-refractivity contribution in [3.8, 4) is 5.75 Å². The zero-order valence-corrected chi connectivity index (χ0v) is 15.1. The standard InChI is InChI=1S/C16H22FN3O4S/c1-10(2)3-5-19-6-4-11-7-13(21)16(15(17)12(11)8-19)20-9-14(22)18-25(20,23)24/h7,10,21H,3-6,8-9H2,1-2H3,(H,18,22). The monoisotopic (exact) mass is 371 g/mol. The Morgan fingerprint density at radius 1 is 1.36 bits per heavy atom. The Balaban J connectivity index is 1.95. The summed E-state index contributed by atoms with van der Waals surface area (Å²) < 4.78 is 41.4. The number of benzene rings is 1. The maximum absolute atomic E-state index is 15.1. The highest BCUT2D eigenvalue weighted by molar-refractivity contribution is 7.92. The van der Waals surface area contributed by atoms with E-state index in [2.05, 4.69) is 18.7 Å². The van der Waals surface area contributed by atoms with Gasteiger partial charge in [0.25, 0.3) is 5.91 Å². The zero-order valence-electron chi connectivity index (χ0n) is 14.2. The van der Waals surface area contributed by atoms with Gasteiger partial charge in [-0.3, -0.25) is 9.69 Å². The fraction of sp³-hybridized carbons (Fsp3) is 0.562. The van der Waals surface area contributed by atoms with Crippen LogP contribution in [0.4, 0.5) is 10.1 Å². The van der Waals surface area contributed by atoms with Crippen molar-refractivity contribution in [2.24, 2.45) is 5.92 Å². The number of hydrogen-bond acceptors (Lipinski definition) is 5. The molecule has 1 saturated heterocycles. The van der Waals surface area contributed by atoms with E-state index in [-0.39, 0.29) is 0 Å². The number of halogens is 1. The van der Waals surface area contributed by atoms with Crippen LogP contribution in [0.5, 0.6) is 5.75 Å². The van der Waals surface area contributed by atoms with E-state index < -0.39 is 39.9 Å². The van der Waals surface area contributed by atoms with Crippen LogP contribution in [0, 0.1) is 11.7 Å². The molecule has 2 aliphatic heterocycles. The molecule has 9 heteroatoms. The Morgan fingerprint density at radius 3 is 2.68 bits per heavy atom. The Bertz CT molecular complexity index is 810. The van der Waals surface area contributed by atoms with E-state index in [0.717, 1.165) is 19.5 Å². The lowest BCUT2D eigenvalue weighted by Crippen LogP contribution is -2.34. The van der Waals surface area contributed by atoms with E-state index in [4.69, 9.17) is 0 Å². The van der Waals surface area contributed by atoms with Crippen LogP contribution in [-0.2, 0) is 28.0 Å². The molecule has 2 aliphatic rings. The first-order valence-corrected chi connectivity index (χ1v) is 9.72. The molecule has 1 amide bonds. The number of carbonyl (C=O) groups is 1. The minimum atomic E-state index is -4.18. The number of phenolic OH excluding ortho intramolecular Hbond substituents is 1. The number of amides is 1. The molecular weight excluding hydrogens is 349 g/mol. The van der Waals surface area contributed by atoms with Crippen molar-refractivity contribution in [1.82, 2.24) is 9.62 Å². The Hall–Kier alpha value is -1.87. The van der Waals surface area contributed by atoms with Gasteiger partial charge in [-0.1, -0.05) is 13.8 Å². The third-order valence-electron chi connectivity index (χ3n) is 4.59. The lowest BCUT2D eigenvalue weighted by Gasteiger charge is -2.31. The van der Waals surface area contributed by atoms with Gasteiger partial charge in [-0.05, 0) is 36.9 Å². The molecule has 2 heterocycles. The van der Waals surface area contributed by atoms with Gasteiger partial charge in [0.15, 0.2) is 5.82 Å². The number of carbonyl (C=O) groups excluding carboxylic acids is 1. The average Bonchev–Trinajstić information content (AvgIpc) is 2.78. The molecule has 0 aromatic heterocycles. The molecule has 0 aliphatic carbocycles. The summed E-state index contributed by atoms with van der Waals surface area (Å²) >= 11 is 0. The highest BCUT2D eigenvalue weighted by Crippen LogP contribution is 2.39. The minimum absolute atomic E-state index is 0.358. The molecular formula is C16H22FN3O4S. The molecule has 25 heavy (non-hydrogen) atoms. The van der Waals surface area contributed by atoms with Crippen molar-refractivity contribution in [3.05, 3.63) is 23.0 Å². The number of hydrogen-bond donors (Lipinski definition) is 2. The summed E-state index contributed by atoms with van der Waals surface area (Å²) in [5.41, 5.74) is 0.607. The van der Waals surface area contributed by atoms with Crippen molar-refractivity contribution in [2.45, 2.75) is 33.2 Å². The lowest BCUT2D eigenvalue weighted by atomic mass is 9.97. The van der Waals surface area contributed by atoms with Crippen LogP contribution in [-0.4, -0.2) is 44.0 Å². The molecule has 1 fully saturated rings. The lowest BCUT2D eigenvalue weighted by molar-refractivity contribution is -0.117. The molecule has 0 radical (unpaired) electrons. The first-order valence-electron chi connectivity index (χ1n) is 8.28. The van der Waals surface area contributed by atoms with Crippen LogP contribution in [0.15, 0.2) is 6.07 Å². The van der Waals surface area contributed by atoms with Crippen LogP contribution >= 0.6 is 0 Å². The average molecular weight is 371 g/mol. The van der Waals surface area contributed by atoms with E-state index >= 15 is 4.39 Å². The number of nitrogens with one attached hydrogen (secondary N) is 1. The summed E-state index contributed by atoms with van der Waals surface area (Å²) in [6.07, 6.45) is 1.57. The summed E-state index contributed by atoms with van der Waals surface area (Å²) in [4.78, 5) is 13.5. The normalized spacial score (nSPS) is 20.0. The summed E-state index contributed by atoms with van der Waals surface area (Å²) in [5, 5.41) is 10.2. The number of fused-ring (bicyclic) bond motifs is 1. The van der Waals surface area contributed by atoms with Crippen LogP contribution in [0.2, 0.25) is 0 Å². The predicted octanol–water partition coefficient (Wildman–Crippen LogP) is 1.12. The van der Waals surface area contributed by atoms with Gasteiger partial charge in [0, 0.05) is 18.7 Å². The molecule has 0 spiro atoms. The fourth-order valence-electron chi connectivity index (χ4n) is 3.21. The quantitative estimate of drug-likeness (QED) is 0.828. The van der Waals surface area contributed by atoms with Crippen LogP contribution in [0.1, 0.15) is 31.4 Å². The fourth-order valence-corrected chi connectivity index (χ4v) is 4.37. The van der Waals surface area contributed by atoms with E-state index in [1.807, 2.05) is 0 Å². The Morgan fingerprint density at radius 2 is 2.08 bits per heavy atom. The predicted molar refractivity (Wildman–Crippen MR) is 90.9 cm³/mol. The van der Waals surface area contributed by atoms with Gasteiger partial charge in [-0.25, -0.2) is 13.4 Å². The first kappa shape index (κ1) is 17.9. The van der Waals surface area contributed by atoms with E-state index in [1.54, 1.807) is 4.72 Å². The van der Waals surface area contributed by atoms with Gasteiger partial charge in [0.05, 0.1) is 0 Å². The van der Waals surface area contributed by atoms with Crippen molar-refractivity contribution >= 4 is 21.8 Å². The molecule has 138 valence electrons. The third-order valence-corrected chi connectivity index (χ3v) is 5.96. The van der Waals surface area contributed by atoms with Gasteiger partial charge < -0.3 is 5.11 Å². The molecule has 0 saturated carbocycles. The van der Waals surface area contributed by atoms with Crippen molar-refractivity contribution in [3.63, 3.8) is 0 Å². The highest BCUT2D eigenvalue weighted by atomic mass is 32.2. The van der Waals surface area contributed by atoms with Gasteiger partial charge in [-0.2, -0.15) is 8.42 Å². The molecule has 1 aromatic rings. The molecule has 0 unspecified atom stereocenters. The SMILES string of the molecule is CC(C)CCN1CCc2cc(O)c(N3CC(=O)NS3(=O)=O)c(F)c2C1. The van der Waals surface area contributed by atoms with Gasteiger partial charge in [0.1, 0.15) is 18.0 Å². The number of nitrogens with zero attached hydrogens (tertiary/aromatic N) is 2. The van der Waals surface area contributed by atoms with Crippen molar-refractivity contribution in [1.29, 1.82) is 0 Å². The second-order valence-electron chi connectivity index (χ2n) is 6.94. The van der Waals surface area contributed by atoms with Gasteiger partial charge >= 0.3 is 10.2 Å². The summed E-state index contributed by atoms with van der Waals surface area (Å²) in [5.74, 6) is -1.46. The molecule has 2 N–H and O–H groups in total. The molecule has 0 bridgehead atoms. The maximum Gasteiger partial charge on any atom is 0.326 e. The number of phenols is 1. The van der Waals surface area contributed by atoms with Crippen LogP contribution in [0.3, 0.4) is 0 Å². The van der Waals surface area contributed by atoms with Crippen LogP contribution in [0.25, 0.3) is 0 Å². The minimum Gasteiger partial charge on any atom is -0.506 e.